The van der Waals surface area contributed by atoms with Crippen molar-refractivity contribution in [3.63, 3.8) is 0 Å². The summed E-state index contributed by atoms with van der Waals surface area (Å²) < 4.78 is 0. The first kappa shape index (κ1) is 15.7. The van der Waals surface area contributed by atoms with E-state index >= 15 is 0 Å². The Hall–Kier alpha value is -2.68. The van der Waals surface area contributed by atoms with Crippen LogP contribution < -0.4 is 5.43 Å². The van der Waals surface area contributed by atoms with Gasteiger partial charge in [0.2, 0.25) is 0 Å². The van der Waals surface area contributed by atoms with E-state index in [1.54, 1.807) is 12.1 Å². The molecule has 0 saturated heterocycles. The second kappa shape index (κ2) is 7.93. The minimum atomic E-state index is -0.199. The molecular formula is C19H20N2O. The van der Waals surface area contributed by atoms with Gasteiger partial charge in [-0.3, -0.25) is 4.79 Å². The first-order valence-corrected chi connectivity index (χ1v) is 7.35. The lowest BCUT2D eigenvalue weighted by Crippen LogP contribution is -2.18. The van der Waals surface area contributed by atoms with Crippen LogP contribution in [-0.2, 0) is 0 Å². The van der Waals surface area contributed by atoms with Gasteiger partial charge in [-0.05, 0) is 37.1 Å². The number of allylic oxidation sites excluding steroid dienone is 1. The van der Waals surface area contributed by atoms with Crippen molar-refractivity contribution in [2.75, 3.05) is 0 Å². The molecule has 0 saturated carbocycles. The van der Waals surface area contributed by atoms with E-state index in [1.807, 2.05) is 37.3 Å². The number of carbonyl (C=O) groups excluding carboxylic acids is 1. The van der Waals surface area contributed by atoms with E-state index in [2.05, 4.69) is 41.7 Å². The van der Waals surface area contributed by atoms with E-state index in [4.69, 9.17) is 0 Å². The summed E-state index contributed by atoms with van der Waals surface area (Å²) in [5.74, 6) is -0.199. The fraction of sp³-hybridized carbons (Fsp3) is 0.158. The fourth-order valence-electron chi connectivity index (χ4n) is 1.88. The number of amides is 1. The van der Waals surface area contributed by atoms with Gasteiger partial charge in [-0.2, -0.15) is 5.10 Å². The van der Waals surface area contributed by atoms with Gasteiger partial charge in [-0.1, -0.05) is 61.0 Å². The molecule has 3 nitrogen and oxygen atoms in total. The van der Waals surface area contributed by atoms with Crippen molar-refractivity contribution in [3.8, 4) is 0 Å². The summed E-state index contributed by atoms with van der Waals surface area (Å²) in [5.41, 5.74) is 6.36. The van der Waals surface area contributed by atoms with Gasteiger partial charge in [0.25, 0.3) is 5.91 Å². The van der Waals surface area contributed by atoms with Crippen molar-refractivity contribution in [2.45, 2.75) is 20.3 Å². The fourth-order valence-corrected chi connectivity index (χ4v) is 1.88. The summed E-state index contributed by atoms with van der Waals surface area (Å²) in [6.07, 6.45) is 4.67. The topological polar surface area (TPSA) is 41.5 Å². The molecule has 0 spiro atoms. The summed E-state index contributed by atoms with van der Waals surface area (Å²) in [4.78, 5) is 11.9. The van der Waals surface area contributed by atoms with E-state index in [0.29, 0.717) is 5.56 Å². The third-order valence-corrected chi connectivity index (χ3v) is 3.24. The lowest BCUT2D eigenvalue weighted by atomic mass is 10.1. The Balaban J connectivity index is 2.01. The van der Waals surface area contributed by atoms with Crippen LogP contribution in [0.15, 0.2) is 65.8 Å². The zero-order chi connectivity index (χ0) is 15.8. The molecule has 1 amide bonds. The molecule has 1 N–H and O–H groups in total. The number of hydrogen-bond donors (Lipinski definition) is 1. The third kappa shape index (κ3) is 4.70. The highest BCUT2D eigenvalue weighted by Gasteiger charge is 2.02. The summed E-state index contributed by atoms with van der Waals surface area (Å²) in [7, 11) is 0. The first-order valence-electron chi connectivity index (χ1n) is 7.35. The summed E-state index contributed by atoms with van der Waals surface area (Å²) in [5, 5.41) is 4.18. The van der Waals surface area contributed by atoms with Gasteiger partial charge in [0.1, 0.15) is 0 Å². The Bertz CT molecular complexity index is 670. The number of hydrazone groups is 1. The van der Waals surface area contributed by atoms with Crippen molar-refractivity contribution in [2.24, 2.45) is 5.10 Å². The average molecular weight is 292 g/mol. The molecule has 0 heterocycles. The van der Waals surface area contributed by atoms with E-state index in [1.165, 1.54) is 5.56 Å². The number of nitrogens with zero attached hydrogens (tertiary/aromatic N) is 1. The van der Waals surface area contributed by atoms with Crippen LogP contribution in [0.1, 0.15) is 34.8 Å². The molecule has 0 aliphatic carbocycles. The Kier molecular flexibility index (Phi) is 5.66. The van der Waals surface area contributed by atoms with Crippen molar-refractivity contribution in [1.82, 2.24) is 5.43 Å². The summed E-state index contributed by atoms with van der Waals surface area (Å²) in [6.45, 7) is 4.07. The molecule has 2 rings (SSSR count). The minimum Gasteiger partial charge on any atom is -0.267 e. The first-order chi connectivity index (χ1) is 10.7. The molecule has 0 atom stereocenters. The molecule has 2 aromatic rings. The highest BCUT2D eigenvalue weighted by atomic mass is 16.2. The zero-order valence-electron chi connectivity index (χ0n) is 12.9. The molecular weight excluding hydrogens is 272 g/mol. The molecule has 112 valence electrons. The van der Waals surface area contributed by atoms with Crippen LogP contribution >= 0.6 is 0 Å². The standard InChI is InChI=1S/C19H20N2O/c1-3-18(14-13-16-11-9-15(2)10-12-16)20-21-19(22)17-7-5-4-6-8-17/h4-14H,3H2,1-2H3,(H,21,22)/b14-13-,20-18+. The van der Waals surface area contributed by atoms with Gasteiger partial charge < -0.3 is 0 Å². The van der Waals surface area contributed by atoms with Gasteiger partial charge in [0.05, 0.1) is 5.71 Å². The molecule has 0 aliphatic rings. The van der Waals surface area contributed by atoms with Crippen molar-refractivity contribution in [3.05, 3.63) is 77.4 Å². The van der Waals surface area contributed by atoms with Crippen LogP contribution in [-0.4, -0.2) is 11.6 Å². The molecule has 0 unspecified atom stereocenters. The second-order valence-corrected chi connectivity index (χ2v) is 5.01. The van der Waals surface area contributed by atoms with Crippen LogP contribution in [0.2, 0.25) is 0 Å². The van der Waals surface area contributed by atoms with E-state index < -0.39 is 0 Å². The van der Waals surface area contributed by atoms with Crippen LogP contribution in [0.5, 0.6) is 0 Å². The largest absolute Gasteiger partial charge is 0.271 e. The van der Waals surface area contributed by atoms with Crippen molar-refractivity contribution < 1.29 is 4.79 Å². The Labute approximate surface area is 131 Å². The van der Waals surface area contributed by atoms with E-state index in [-0.39, 0.29) is 5.91 Å². The van der Waals surface area contributed by atoms with Crippen LogP contribution in [0.3, 0.4) is 0 Å². The molecule has 22 heavy (non-hydrogen) atoms. The van der Waals surface area contributed by atoms with Crippen LogP contribution in [0.4, 0.5) is 0 Å². The number of benzene rings is 2. The monoisotopic (exact) mass is 292 g/mol. The second-order valence-electron chi connectivity index (χ2n) is 5.01. The van der Waals surface area contributed by atoms with Gasteiger partial charge in [0, 0.05) is 5.56 Å². The predicted octanol–water partition coefficient (Wildman–Crippen LogP) is 4.20. The molecule has 0 aromatic heterocycles. The Morgan fingerprint density at radius 2 is 1.77 bits per heavy atom. The van der Waals surface area contributed by atoms with Gasteiger partial charge in [-0.15, -0.1) is 0 Å². The number of aryl methyl sites for hydroxylation is 1. The highest BCUT2D eigenvalue weighted by Crippen LogP contribution is 2.05. The Morgan fingerprint density at radius 3 is 2.41 bits per heavy atom. The third-order valence-electron chi connectivity index (χ3n) is 3.24. The number of nitrogens with one attached hydrogen (secondary N) is 1. The smallest absolute Gasteiger partial charge is 0.267 e. The maximum atomic E-state index is 11.9. The molecule has 0 radical (unpaired) electrons. The lowest BCUT2D eigenvalue weighted by Gasteiger charge is -2.01. The van der Waals surface area contributed by atoms with Crippen LogP contribution in [0, 0.1) is 6.92 Å². The summed E-state index contributed by atoms with van der Waals surface area (Å²) in [6, 6.07) is 17.3. The maximum Gasteiger partial charge on any atom is 0.271 e. The zero-order valence-corrected chi connectivity index (χ0v) is 12.9. The van der Waals surface area contributed by atoms with E-state index in [0.717, 1.165) is 17.7 Å². The molecule has 0 aliphatic heterocycles. The van der Waals surface area contributed by atoms with Crippen molar-refractivity contribution in [1.29, 1.82) is 0 Å². The highest BCUT2D eigenvalue weighted by molar-refractivity contribution is 6.00. The molecule has 2 aromatic carbocycles. The lowest BCUT2D eigenvalue weighted by molar-refractivity contribution is 0.0955. The minimum absolute atomic E-state index is 0.199. The SMILES string of the molecule is CCC(/C=C\c1ccc(C)cc1)=N\NC(=O)c1ccccc1. The number of rotatable bonds is 5. The van der Waals surface area contributed by atoms with Crippen molar-refractivity contribution >= 4 is 17.7 Å². The quantitative estimate of drug-likeness (QED) is 0.651. The number of carbonyl (C=O) groups is 1. The van der Waals surface area contributed by atoms with Gasteiger partial charge in [-0.25, -0.2) is 5.43 Å². The normalized spacial score (nSPS) is 11.6. The molecule has 0 fully saturated rings. The van der Waals surface area contributed by atoms with Gasteiger partial charge in [0.15, 0.2) is 0 Å². The van der Waals surface area contributed by atoms with E-state index in [9.17, 15) is 4.79 Å². The van der Waals surface area contributed by atoms with Gasteiger partial charge >= 0.3 is 0 Å². The predicted molar refractivity (Wildman–Crippen MR) is 91.8 cm³/mol. The number of hydrogen-bond acceptors (Lipinski definition) is 2. The maximum absolute atomic E-state index is 11.9. The molecule has 3 heteroatoms. The average Bonchev–Trinajstić information content (AvgIpc) is 2.57. The Morgan fingerprint density at radius 1 is 1.09 bits per heavy atom. The van der Waals surface area contributed by atoms with Crippen LogP contribution in [0.25, 0.3) is 6.08 Å². The summed E-state index contributed by atoms with van der Waals surface area (Å²) >= 11 is 0. The molecule has 0 bridgehead atoms.